The fraction of sp³-hybridized carbons (Fsp3) is 0.471. The Morgan fingerprint density at radius 1 is 1.05 bits per heavy atom. The number of nitrogens with one attached hydrogen (secondary N) is 2. The summed E-state index contributed by atoms with van der Waals surface area (Å²) < 4.78 is 11.1. The maximum atomic E-state index is 13.1. The van der Waals surface area contributed by atoms with Crippen LogP contribution in [0.1, 0.15) is 62.5 Å². The molecule has 2 aromatic carbocycles. The Kier molecular flexibility index (Phi) is 10.3. The van der Waals surface area contributed by atoms with Crippen LogP contribution >= 0.6 is 0 Å². The van der Waals surface area contributed by atoms with Crippen LogP contribution in [0.2, 0.25) is 0 Å². The monoisotopic (exact) mass is 603 g/mol. The predicted octanol–water partition coefficient (Wildman–Crippen LogP) is 3.67. The van der Waals surface area contributed by atoms with E-state index < -0.39 is 30.1 Å². The zero-order valence-electron chi connectivity index (χ0n) is 25.1. The first-order valence-corrected chi connectivity index (χ1v) is 15.5. The van der Waals surface area contributed by atoms with Crippen LogP contribution in [0.3, 0.4) is 0 Å². The van der Waals surface area contributed by atoms with Crippen molar-refractivity contribution in [2.45, 2.75) is 69.5 Å². The third-order valence-corrected chi connectivity index (χ3v) is 8.69. The first-order valence-electron chi connectivity index (χ1n) is 15.5. The first-order chi connectivity index (χ1) is 21.4. The average Bonchev–Trinajstić information content (AvgIpc) is 3.64. The van der Waals surface area contributed by atoms with E-state index in [2.05, 4.69) is 22.8 Å². The molecule has 4 atom stereocenters. The van der Waals surface area contributed by atoms with E-state index in [1.807, 2.05) is 48.6 Å². The molecular formula is C34H41N3O7. The summed E-state index contributed by atoms with van der Waals surface area (Å²) in [6.07, 6.45) is 5.68. The van der Waals surface area contributed by atoms with Crippen molar-refractivity contribution in [3.63, 3.8) is 0 Å². The van der Waals surface area contributed by atoms with E-state index in [9.17, 15) is 24.3 Å². The number of carbonyl (C=O) groups excluding carboxylic acids is 4. The highest BCUT2D eigenvalue weighted by Crippen LogP contribution is 2.44. The number of benzene rings is 2. The zero-order chi connectivity index (χ0) is 31.1. The molecule has 0 bridgehead atoms. The molecule has 10 nitrogen and oxygen atoms in total. The number of cyclic esters (lactones) is 1. The lowest BCUT2D eigenvalue weighted by molar-refractivity contribution is -0.147. The van der Waals surface area contributed by atoms with Crippen LogP contribution < -0.4 is 10.6 Å². The fourth-order valence-electron chi connectivity index (χ4n) is 6.35. The number of likely N-dealkylation sites (tertiary alicyclic amines) is 1. The van der Waals surface area contributed by atoms with Gasteiger partial charge in [-0.3, -0.25) is 9.59 Å². The number of aliphatic hydroxyl groups is 1. The number of nitrogens with zero attached hydrogens (tertiary/aromatic N) is 1. The molecule has 5 rings (SSSR count). The minimum atomic E-state index is -0.929. The molecule has 3 amide bonds. The summed E-state index contributed by atoms with van der Waals surface area (Å²) in [4.78, 5) is 53.6. The van der Waals surface area contributed by atoms with E-state index in [1.54, 1.807) is 11.8 Å². The Morgan fingerprint density at radius 3 is 2.45 bits per heavy atom. The van der Waals surface area contributed by atoms with Gasteiger partial charge in [-0.2, -0.15) is 0 Å². The third kappa shape index (κ3) is 7.30. The summed E-state index contributed by atoms with van der Waals surface area (Å²) in [6, 6.07) is 14.5. The number of alkyl carbamates (subject to hydrolysis) is 1. The molecule has 3 N–H and O–H groups in total. The maximum absolute atomic E-state index is 13.1. The van der Waals surface area contributed by atoms with Gasteiger partial charge in [0, 0.05) is 18.9 Å². The van der Waals surface area contributed by atoms with Gasteiger partial charge in [0.25, 0.3) is 0 Å². The summed E-state index contributed by atoms with van der Waals surface area (Å²) in [7, 11) is 0. The number of aliphatic hydroxyl groups excluding tert-OH is 1. The van der Waals surface area contributed by atoms with E-state index in [-0.39, 0.29) is 56.4 Å². The highest BCUT2D eigenvalue weighted by molar-refractivity contribution is 5.86. The lowest BCUT2D eigenvalue weighted by Crippen LogP contribution is -2.45. The molecule has 0 spiro atoms. The van der Waals surface area contributed by atoms with Gasteiger partial charge in [-0.15, -0.1) is 0 Å². The van der Waals surface area contributed by atoms with Gasteiger partial charge in [0.1, 0.15) is 19.3 Å². The van der Waals surface area contributed by atoms with Crippen molar-refractivity contribution in [3.8, 4) is 11.1 Å². The minimum absolute atomic E-state index is 0.0329. The second kappa shape index (κ2) is 14.5. The number of carbonyl (C=O) groups is 4. The van der Waals surface area contributed by atoms with Crippen molar-refractivity contribution >= 4 is 23.9 Å². The topological polar surface area (TPSA) is 134 Å². The molecule has 2 aliphatic heterocycles. The van der Waals surface area contributed by atoms with Crippen LogP contribution in [0.5, 0.6) is 0 Å². The zero-order valence-corrected chi connectivity index (χ0v) is 25.1. The number of amides is 3. The highest BCUT2D eigenvalue weighted by atomic mass is 16.6. The normalized spacial score (nSPS) is 24.2. The molecule has 0 saturated carbocycles. The molecular weight excluding hydrogens is 562 g/mol. The van der Waals surface area contributed by atoms with Crippen LogP contribution in [-0.2, 0) is 23.9 Å². The van der Waals surface area contributed by atoms with E-state index in [4.69, 9.17) is 9.47 Å². The lowest BCUT2D eigenvalue weighted by Gasteiger charge is -2.26. The summed E-state index contributed by atoms with van der Waals surface area (Å²) in [6.45, 7) is 2.26. The van der Waals surface area contributed by atoms with Gasteiger partial charge in [-0.05, 0) is 61.3 Å². The first kappa shape index (κ1) is 31.3. The van der Waals surface area contributed by atoms with Gasteiger partial charge in [0.2, 0.25) is 11.8 Å². The summed E-state index contributed by atoms with van der Waals surface area (Å²) in [5.74, 6) is -1.74. The van der Waals surface area contributed by atoms with Crippen LogP contribution in [0.4, 0.5) is 4.79 Å². The maximum Gasteiger partial charge on any atom is 0.407 e. The van der Waals surface area contributed by atoms with Gasteiger partial charge in [0.15, 0.2) is 0 Å². The van der Waals surface area contributed by atoms with Gasteiger partial charge in [-0.1, -0.05) is 60.7 Å². The second-order valence-corrected chi connectivity index (χ2v) is 11.8. The van der Waals surface area contributed by atoms with Crippen molar-refractivity contribution in [1.82, 2.24) is 15.5 Å². The molecule has 3 aliphatic rings. The summed E-state index contributed by atoms with van der Waals surface area (Å²) in [5, 5.41) is 15.1. The molecule has 0 radical (unpaired) electrons. The fourth-order valence-corrected chi connectivity index (χ4v) is 6.35. The number of fused-ring (bicyclic) bond motifs is 3. The van der Waals surface area contributed by atoms with E-state index in [0.717, 1.165) is 35.1 Å². The van der Waals surface area contributed by atoms with Crippen LogP contribution in [-0.4, -0.2) is 78.4 Å². The van der Waals surface area contributed by atoms with Crippen molar-refractivity contribution < 1.29 is 33.8 Å². The Hall–Kier alpha value is -4.18. The largest absolute Gasteiger partial charge is 0.462 e. The number of hydrogen-bond donors (Lipinski definition) is 3. The molecule has 0 aromatic heterocycles. The Balaban J connectivity index is 1.19. The molecule has 1 fully saturated rings. The Labute approximate surface area is 257 Å². The Bertz CT molecular complexity index is 1350. The third-order valence-electron chi connectivity index (χ3n) is 8.69. The van der Waals surface area contributed by atoms with E-state index in [1.165, 1.54) is 0 Å². The van der Waals surface area contributed by atoms with Gasteiger partial charge >= 0.3 is 12.1 Å². The number of rotatable bonds is 6. The lowest BCUT2D eigenvalue weighted by atomic mass is 9.98. The SMILES string of the molecule is CC1COC(=O)C(NC(=O)OCC2c3ccccc3-c3ccccc32)CCC=CCC(CC(=O)N2CCCC2CO)C(=O)N1. The smallest absolute Gasteiger partial charge is 0.407 e. The van der Waals surface area contributed by atoms with Gasteiger partial charge in [-0.25, -0.2) is 9.59 Å². The number of esters is 1. The number of allylic oxidation sites excluding steroid dienone is 2. The minimum Gasteiger partial charge on any atom is -0.462 e. The Morgan fingerprint density at radius 2 is 1.75 bits per heavy atom. The predicted molar refractivity (Wildman–Crippen MR) is 163 cm³/mol. The number of ether oxygens (including phenoxy) is 2. The molecule has 10 heteroatoms. The molecule has 4 unspecified atom stereocenters. The highest BCUT2D eigenvalue weighted by Gasteiger charge is 2.33. The van der Waals surface area contributed by atoms with Crippen LogP contribution in [0, 0.1) is 5.92 Å². The molecule has 234 valence electrons. The average molecular weight is 604 g/mol. The van der Waals surface area contributed by atoms with Crippen molar-refractivity contribution in [2.24, 2.45) is 5.92 Å². The van der Waals surface area contributed by atoms with Crippen molar-refractivity contribution in [1.29, 1.82) is 0 Å². The quantitative estimate of drug-likeness (QED) is 0.339. The number of hydrogen-bond acceptors (Lipinski definition) is 7. The summed E-state index contributed by atoms with van der Waals surface area (Å²) in [5.41, 5.74) is 4.44. The second-order valence-electron chi connectivity index (χ2n) is 11.8. The van der Waals surface area contributed by atoms with Crippen LogP contribution in [0.15, 0.2) is 60.7 Å². The van der Waals surface area contributed by atoms with Crippen molar-refractivity contribution in [3.05, 3.63) is 71.8 Å². The molecule has 2 heterocycles. The molecule has 1 aliphatic carbocycles. The standard InChI is InChI=1S/C34H41N3O7/c1-22-20-43-33(41)30(16-4-2-3-10-23(32(40)35-22)18-31(39)37-17-9-11-24(37)19-38)36-34(42)44-21-29-27-14-7-5-12-25(27)26-13-6-8-15-28(26)29/h2-3,5-8,12-15,22-24,29-30,38H,4,9-11,16-21H2,1H3,(H,35,40)(H,36,42). The van der Waals surface area contributed by atoms with E-state index >= 15 is 0 Å². The molecule has 2 aromatic rings. The molecule has 44 heavy (non-hydrogen) atoms. The van der Waals surface area contributed by atoms with Crippen LogP contribution in [0.25, 0.3) is 11.1 Å². The molecule has 1 saturated heterocycles. The summed E-state index contributed by atoms with van der Waals surface area (Å²) >= 11 is 0. The van der Waals surface area contributed by atoms with Gasteiger partial charge < -0.3 is 30.1 Å². The van der Waals surface area contributed by atoms with Gasteiger partial charge in [0.05, 0.1) is 24.6 Å². The van der Waals surface area contributed by atoms with Crippen molar-refractivity contribution in [2.75, 3.05) is 26.4 Å². The van der Waals surface area contributed by atoms with E-state index in [0.29, 0.717) is 19.4 Å².